The summed E-state index contributed by atoms with van der Waals surface area (Å²) in [6, 6.07) is 23.7. The van der Waals surface area contributed by atoms with Crippen LogP contribution in [-0.4, -0.2) is 4.98 Å². The fraction of sp³-hybridized carbons (Fsp3) is 0.0500. The largest absolute Gasteiger partial charge is 0.252 e. The minimum atomic E-state index is 0.925. The lowest BCUT2D eigenvalue weighted by Crippen LogP contribution is -2.03. The van der Waals surface area contributed by atoms with E-state index < -0.39 is 0 Å². The Hall–Kier alpha value is -2.67. The summed E-state index contributed by atoms with van der Waals surface area (Å²) in [7, 11) is 0. The van der Waals surface area contributed by atoms with Gasteiger partial charge in [-0.1, -0.05) is 60.7 Å². The molecule has 21 heavy (non-hydrogen) atoms. The van der Waals surface area contributed by atoms with Crippen LogP contribution >= 0.6 is 0 Å². The molecule has 0 aliphatic heterocycles. The van der Waals surface area contributed by atoms with E-state index in [4.69, 9.17) is 4.98 Å². The minimum absolute atomic E-state index is 0.925. The lowest BCUT2D eigenvalue weighted by Gasteiger charge is -2.21. The number of pyridine rings is 1. The Bertz CT molecular complexity index is 1010. The molecule has 1 heteroatoms. The quantitative estimate of drug-likeness (QED) is 0.361. The molecule has 1 aliphatic carbocycles. The SMILES string of the molecule is c1ccc2c(c1)Cc1nc3ccccc3c3cccc-2c13. The van der Waals surface area contributed by atoms with Crippen LogP contribution < -0.4 is 0 Å². The van der Waals surface area contributed by atoms with Crippen molar-refractivity contribution >= 4 is 21.7 Å². The maximum absolute atomic E-state index is 4.93. The second-order valence-electron chi connectivity index (χ2n) is 5.64. The smallest absolute Gasteiger partial charge is 0.0711 e. The lowest BCUT2D eigenvalue weighted by atomic mass is 9.85. The molecule has 0 saturated heterocycles. The molecule has 1 heterocycles. The van der Waals surface area contributed by atoms with Gasteiger partial charge in [0.05, 0.1) is 11.2 Å². The Morgan fingerprint density at radius 1 is 0.667 bits per heavy atom. The first-order valence-corrected chi connectivity index (χ1v) is 7.30. The fourth-order valence-electron chi connectivity index (χ4n) is 3.56. The van der Waals surface area contributed by atoms with Crippen molar-refractivity contribution < 1.29 is 0 Å². The van der Waals surface area contributed by atoms with E-state index in [2.05, 4.69) is 66.7 Å². The average molecular weight is 267 g/mol. The van der Waals surface area contributed by atoms with Crippen molar-refractivity contribution in [1.82, 2.24) is 4.98 Å². The second-order valence-corrected chi connectivity index (χ2v) is 5.64. The first-order chi connectivity index (χ1) is 10.4. The van der Waals surface area contributed by atoms with Gasteiger partial charge in [0.15, 0.2) is 0 Å². The summed E-state index contributed by atoms with van der Waals surface area (Å²) in [4.78, 5) is 4.93. The Balaban J connectivity index is 2.04. The van der Waals surface area contributed by atoms with E-state index in [1.54, 1.807) is 0 Å². The number of benzene rings is 3. The van der Waals surface area contributed by atoms with Gasteiger partial charge in [-0.3, -0.25) is 4.98 Å². The Morgan fingerprint density at radius 2 is 1.43 bits per heavy atom. The van der Waals surface area contributed by atoms with Crippen molar-refractivity contribution in [3.63, 3.8) is 0 Å². The van der Waals surface area contributed by atoms with E-state index >= 15 is 0 Å². The van der Waals surface area contributed by atoms with Crippen LogP contribution in [0.3, 0.4) is 0 Å². The van der Waals surface area contributed by atoms with Crippen LogP contribution in [0, 0.1) is 0 Å². The molecular formula is C20H13N. The number of rotatable bonds is 0. The average Bonchev–Trinajstić information content (AvgIpc) is 2.55. The summed E-state index contributed by atoms with van der Waals surface area (Å²) < 4.78 is 0. The van der Waals surface area contributed by atoms with Crippen LogP contribution in [0.4, 0.5) is 0 Å². The van der Waals surface area contributed by atoms with Gasteiger partial charge in [-0.15, -0.1) is 0 Å². The summed E-state index contributed by atoms with van der Waals surface area (Å²) in [6.45, 7) is 0. The molecule has 3 aromatic carbocycles. The third-order valence-electron chi connectivity index (χ3n) is 4.47. The highest BCUT2D eigenvalue weighted by Gasteiger charge is 2.19. The van der Waals surface area contributed by atoms with E-state index in [0.717, 1.165) is 11.9 Å². The molecule has 0 saturated carbocycles. The molecule has 1 aromatic heterocycles. The minimum Gasteiger partial charge on any atom is -0.252 e. The van der Waals surface area contributed by atoms with Crippen molar-refractivity contribution in [2.24, 2.45) is 0 Å². The standard InChI is InChI=1S/C20H13N/c1-2-7-14-13(6-1)12-19-20-16(14)9-5-10-17(20)15-8-3-4-11-18(15)21-19/h1-11H,12H2. The molecule has 4 aromatic rings. The summed E-state index contributed by atoms with van der Waals surface area (Å²) in [5.74, 6) is 0. The van der Waals surface area contributed by atoms with Gasteiger partial charge in [-0.25, -0.2) is 0 Å². The van der Waals surface area contributed by atoms with Crippen molar-refractivity contribution in [1.29, 1.82) is 0 Å². The molecule has 1 nitrogen and oxygen atoms in total. The van der Waals surface area contributed by atoms with Crippen LogP contribution in [0.2, 0.25) is 0 Å². The van der Waals surface area contributed by atoms with Crippen LogP contribution in [0.1, 0.15) is 11.3 Å². The monoisotopic (exact) mass is 267 g/mol. The van der Waals surface area contributed by atoms with E-state index in [9.17, 15) is 0 Å². The van der Waals surface area contributed by atoms with Crippen molar-refractivity contribution in [3.05, 3.63) is 78.0 Å². The third-order valence-corrected chi connectivity index (χ3v) is 4.47. The van der Waals surface area contributed by atoms with Gasteiger partial charge >= 0.3 is 0 Å². The molecule has 0 radical (unpaired) electrons. The summed E-state index contributed by atoms with van der Waals surface area (Å²) in [6.07, 6.45) is 0.925. The van der Waals surface area contributed by atoms with Crippen LogP contribution in [0.25, 0.3) is 32.8 Å². The van der Waals surface area contributed by atoms with E-state index in [-0.39, 0.29) is 0 Å². The molecule has 0 atom stereocenters. The first-order valence-electron chi connectivity index (χ1n) is 7.30. The maximum atomic E-state index is 4.93. The van der Waals surface area contributed by atoms with Gasteiger partial charge in [-0.05, 0) is 28.1 Å². The first kappa shape index (κ1) is 11.0. The number of fused-ring (bicyclic) bond motifs is 4. The van der Waals surface area contributed by atoms with Gasteiger partial charge in [0, 0.05) is 17.2 Å². The fourth-order valence-corrected chi connectivity index (χ4v) is 3.56. The molecule has 0 N–H and O–H groups in total. The molecule has 0 bridgehead atoms. The maximum Gasteiger partial charge on any atom is 0.0711 e. The third kappa shape index (κ3) is 1.43. The zero-order valence-electron chi connectivity index (χ0n) is 11.5. The number of nitrogens with zero attached hydrogens (tertiary/aromatic N) is 1. The highest BCUT2D eigenvalue weighted by atomic mass is 14.7. The van der Waals surface area contributed by atoms with Gasteiger partial charge in [-0.2, -0.15) is 0 Å². The van der Waals surface area contributed by atoms with Crippen molar-refractivity contribution in [2.45, 2.75) is 6.42 Å². The van der Waals surface area contributed by atoms with E-state index in [0.29, 0.717) is 0 Å². The number of hydrogen-bond donors (Lipinski definition) is 0. The number of para-hydroxylation sites is 1. The Morgan fingerprint density at radius 3 is 2.43 bits per heavy atom. The number of aromatic nitrogens is 1. The van der Waals surface area contributed by atoms with E-state index in [1.807, 2.05) is 0 Å². The predicted octanol–water partition coefficient (Wildman–Crippen LogP) is 4.96. The lowest BCUT2D eigenvalue weighted by molar-refractivity contribution is 1.11. The second kappa shape index (κ2) is 3.92. The molecule has 0 fully saturated rings. The van der Waals surface area contributed by atoms with Gasteiger partial charge in [0.2, 0.25) is 0 Å². The highest BCUT2D eigenvalue weighted by molar-refractivity contribution is 6.12. The zero-order chi connectivity index (χ0) is 13.8. The van der Waals surface area contributed by atoms with Gasteiger partial charge in [0.25, 0.3) is 0 Å². The molecule has 98 valence electrons. The van der Waals surface area contributed by atoms with Crippen molar-refractivity contribution in [2.75, 3.05) is 0 Å². The Kier molecular flexibility index (Phi) is 2.06. The molecule has 1 aliphatic rings. The van der Waals surface area contributed by atoms with Gasteiger partial charge in [0.1, 0.15) is 0 Å². The molecular weight excluding hydrogens is 254 g/mol. The number of hydrogen-bond acceptors (Lipinski definition) is 1. The zero-order valence-corrected chi connectivity index (χ0v) is 11.5. The molecule has 0 amide bonds. The van der Waals surface area contributed by atoms with Crippen molar-refractivity contribution in [3.8, 4) is 11.1 Å². The summed E-state index contributed by atoms with van der Waals surface area (Å²) in [5.41, 5.74) is 6.35. The Labute approximate surface area is 122 Å². The normalized spacial score (nSPS) is 12.6. The van der Waals surface area contributed by atoms with Gasteiger partial charge < -0.3 is 0 Å². The summed E-state index contributed by atoms with van der Waals surface area (Å²) >= 11 is 0. The molecule has 0 spiro atoms. The molecule has 0 unspecified atom stereocenters. The van der Waals surface area contributed by atoms with E-state index in [1.165, 1.54) is 38.5 Å². The summed E-state index contributed by atoms with van der Waals surface area (Å²) in [5, 5.41) is 3.90. The predicted molar refractivity (Wildman–Crippen MR) is 87.5 cm³/mol. The molecule has 5 rings (SSSR count). The van der Waals surface area contributed by atoms with Crippen LogP contribution in [0.15, 0.2) is 66.7 Å². The van der Waals surface area contributed by atoms with Crippen LogP contribution in [0.5, 0.6) is 0 Å². The van der Waals surface area contributed by atoms with Crippen LogP contribution in [-0.2, 0) is 6.42 Å². The highest BCUT2D eigenvalue weighted by Crippen LogP contribution is 2.40. The topological polar surface area (TPSA) is 12.9 Å².